The highest BCUT2D eigenvalue weighted by molar-refractivity contribution is 7.89. The number of hydrogen-bond donors (Lipinski definition) is 1. The summed E-state index contributed by atoms with van der Waals surface area (Å²) >= 11 is 1.59. The van der Waals surface area contributed by atoms with Gasteiger partial charge in [0.25, 0.3) is 0 Å². The molecule has 0 aliphatic carbocycles. The molecule has 7 heteroatoms. The van der Waals surface area contributed by atoms with Crippen molar-refractivity contribution >= 4 is 31.4 Å². The Hall–Kier alpha value is -2.87. The summed E-state index contributed by atoms with van der Waals surface area (Å²) in [6, 6.07) is 23.9. The second-order valence-corrected chi connectivity index (χ2v) is 9.79. The molecular formula is C23H19NO4S2. The predicted molar refractivity (Wildman–Crippen MR) is 118 cm³/mol. The van der Waals surface area contributed by atoms with Crippen molar-refractivity contribution in [2.45, 2.75) is 10.9 Å². The molecule has 1 unspecified atom stereocenters. The molecule has 1 N–H and O–H groups in total. The van der Waals surface area contributed by atoms with Crippen LogP contribution in [-0.4, -0.2) is 21.6 Å². The maximum atomic E-state index is 13.3. The largest absolute Gasteiger partial charge is 0.486 e. The second-order valence-electron chi connectivity index (χ2n) is 6.96. The summed E-state index contributed by atoms with van der Waals surface area (Å²) in [5.41, 5.74) is 0.880. The van der Waals surface area contributed by atoms with Crippen molar-refractivity contribution in [2.24, 2.45) is 0 Å². The van der Waals surface area contributed by atoms with Crippen LogP contribution < -0.4 is 14.2 Å². The van der Waals surface area contributed by atoms with E-state index in [2.05, 4.69) is 4.72 Å². The van der Waals surface area contributed by atoms with Gasteiger partial charge in [0.15, 0.2) is 11.5 Å². The van der Waals surface area contributed by atoms with Gasteiger partial charge in [0, 0.05) is 15.6 Å². The molecule has 1 aliphatic heterocycles. The number of thiophene rings is 1. The zero-order valence-electron chi connectivity index (χ0n) is 15.9. The number of rotatable bonds is 5. The van der Waals surface area contributed by atoms with Crippen molar-refractivity contribution in [3.63, 3.8) is 0 Å². The molecule has 0 saturated heterocycles. The number of nitrogens with one attached hydrogen (secondary N) is 1. The smallest absolute Gasteiger partial charge is 0.241 e. The van der Waals surface area contributed by atoms with E-state index in [9.17, 15) is 8.42 Å². The fraction of sp³-hybridized carbons (Fsp3) is 0.130. The van der Waals surface area contributed by atoms with E-state index >= 15 is 0 Å². The third-order valence-corrected chi connectivity index (χ3v) is 7.56. The molecule has 0 amide bonds. The molecule has 2 heterocycles. The van der Waals surface area contributed by atoms with Gasteiger partial charge in [0.05, 0.1) is 10.9 Å². The molecule has 5 nitrogen and oxygen atoms in total. The average Bonchev–Trinajstić information content (AvgIpc) is 3.22. The van der Waals surface area contributed by atoms with E-state index in [0.29, 0.717) is 24.7 Å². The average molecular weight is 438 g/mol. The van der Waals surface area contributed by atoms with E-state index in [0.717, 1.165) is 20.5 Å². The standard InChI is InChI=1S/C23H19NO4S2/c25-30(26,18-10-11-19-20(15-18)28-13-12-27-19)24-23(16-6-2-1-3-7-16)22-14-17-8-4-5-9-21(17)29-22/h1-11,14-15,23-24H,12-13H2. The highest BCUT2D eigenvalue weighted by Crippen LogP contribution is 2.36. The van der Waals surface area contributed by atoms with Gasteiger partial charge in [0.2, 0.25) is 10.0 Å². The lowest BCUT2D eigenvalue weighted by Crippen LogP contribution is -2.29. The lowest BCUT2D eigenvalue weighted by atomic mass is 10.1. The van der Waals surface area contributed by atoms with Crippen LogP contribution in [0.4, 0.5) is 0 Å². The van der Waals surface area contributed by atoms with Gasteiger partial charge in [-0.25, -0.2) is 8.42 Å². The zero-order chi connectivity index (χ0) is 20.6. The predicted octanol–water partition coefficient (Wildman–Crippen LogP) is 4.74. The highest BCUT2D eigenvalue weighted by atomic mass is 32.2. The van der Waals surface area contributed by atoms with Crippen molar-refractivity contribution in [1.82, 2.24) is 4.72 Å². The Bertz CT molecular complexity index is 1270. The first-order valence-corrected chi connectivity index (χ1v) is 11.9. The summed E-state index contributed by atoms with van der Waals surface area (Å²) in [7, 11) is -3.81. The molecule has 0 radical (unpaired) electrons. The molecular weight excluding hydrogens is 418 g/mol. The molecule has 0 bridgehead atoms. The summed E-state index contributed by atoms with van der Waals surface area (Å²) in [4.78, 5) is 1.08. The number of ether oxygens (including phenoxy) is 2. The lowest BCUT2D eigenvalue weighted by Gasteiger charge is -2.21. The van der Waals surface area contributed by atoms with E-state index in [1.54, 1.807) is 23.5 Å². The zero-order valence-corrected chi connectivity index (χ0v) is 17.6. The normalized spacial score (nSPS) is 14.5. The summed E-state index contributed by atoms with van der Waals surface area (Å²) in [6.07, 6.45) is 0. The summed E-state index contributed by atoms with van der Waals surface area (Å²) < 4.78 is 41.7. The first kappa shape index (κ1) is 19.1. The van der Waals surface area contributed by atoms with Crippen molar-refractivity contribution in [3.8, 4) is 11.5 Å². The Morgan fingerprint density at radius 2 is 1.57 bits per heavy atom. The van der Waals surface area contributed by atoms with Gasteiger partial charge >= 0.3 is 0 Å². The number of fused-ring (bicyclic) bond motifs is 2. The van der Waals surface area contributed by atoms with E-state index in [4.69, 9.17) is 9.47 Å². The van der Waals surface area contributed by atoms with Crippen molar-refractivity contribution in [1.29, 1.82) is 0 Å². The van der Waals surface area contributed by atoms with Crippen LogP contribution in [0.25, 0.3) is 10.1 Å². The van der Waals surface area contributed by atoms with E-state index in [1.165, 1.54) is 6.07 Å². The van der Waals surface area contributed by atoms with Crippen LogP contribution in [0.2, 0.25) is 0 Å². The van der Waals surface area contributed by atoms with Gasteiger partial charge in [-0.2, -0.15) is 4.72 Å². The molecule has 5 rings (SSSR count). The minimum atomic E-state index is -3.81. The molecule has 152 valence electrons. The number of benzene rings is 3. The Balaban J connectivity index is 1.55. The third kappa shape index (κ3) is 3.67. The first-order valence-electron chi connectivity index (χ1n) is 9.55. The number of hydrogen-bond acceptors (Lipinski definition) is 5. The molecule has 0 fully saturated rings. The van der Waals surface area contributed by atoms with Gasteiger partial charge in [-0.15, -0.1) is 11.3 Å². The Kier molecular flexibility index (Phi) is 4.94. The molecule has 4 aromatic rings. The summed E-state index contributed by atoms with van der Waals surface area (Å²) in [5.74, 6) is 1.01. The van der Waals surface area contributed by atoms with E-state index < -0.39 is 16.1 Å². The molecule has 1 aromatic heterocycles. The van der Waals surface area contributed by atoms with Crippen molar-refractivity contribution < 1.29 is 17.9 Å². The van der Waals surface area contributed by atoms with E-state index in [1.807, 2.05) is 60.7 Å². The van der Waals surface area contributed by atoms with Crippen molar-refractivity contribution in [3.05, 3.63) is 89.3 Å². The second kappa shape index (κ2) is 7.75. The van der Waals surface area contributed by atoms with E-state index in [-0.39, 0.29) is 4.90 Å². The summed E-state index contributed by atoms with van der Waals surface area (Å²) in [6.45, 7) is 0.859. The van der Waals surface area contributed by atoms with Crippen LogP contribution in [0.5, 0.6) is 11.5 Å². The van der Waals surface area contributed by atoms with Crippen molar-refractivity contribution in [2.75, 3.05) is 13.2 Å². The molecule has 0 saturated carbocycles. The molecule has 30 heavy (non-hydrogen) atoms. The minimum Gasteiger partial charge on any atom is -0.486 e. The SMILES string of the molecule is O=S(=O)(NC(c1ccccc1)c1cc2ccccc2s1)c1ccc2c(c1)OCCO2. The van der Waals surface area contributed by atoms with Crippen LogP contribution in [0.15, 0.2) is 83.8 Å². The fourth-order valence-corrected chi connectivity index (χ4v) is 5.93. The maximum Gasteiger partial charge on any atom is 0.241 e. The van der Waals surface area contributed by atoms with Gasteiger partial charge in [0.1, 0.15) is 13.2 Å². The molecule has 1 aliphatic rings. The number of sulfonamides is 1. The lowest BCUT2D eigenvalue weighted by molar-refractivity contribution is 0.171. The fourth-order valence-electron chi connectivity index (χ4n) is 3.49. The van der Waals surface area contributed by atoms with Gasteiger partial charge < -0.3 is 9.47 Å². The van der Waals surface area contributed by atoms with Crippen LogP contribution in [0.1, 0.15) is 16.5 Å². The van der Waals surface area contributed by atoms with Gasteiger partial charge in [-0.1, -0.05) is 48.5 Å². The van der Waals surface area contributed by atoms with Crippen LogP contribution in [0.3, 0.4) is 0 Å². The summed E-state index contributed by atoms with van der Waals surface area (Å²) in [5, 5.41) is 1.09. The van der Waals surface area contributed by atoms with Crippen LogP contribution >= 0.6 is 11.3 Å². The Morgan fingerprint density at radius 3 is 2.37 bits per heavy atom. The molecule has 1 atom stereocenters. The van der Waals surface area contributed by atoms with Crippen LogP contribution in [0, 0.1) is 0 Å². The first-order chi connectivity index (χ1) is 14.6. The third-order valence-electron chi connectivity index (χ3n) is 4.96. The van der Waals surface area contributed by atoms with Crippen LogP contribution in [-0.2, 0) is 10.0 Å². The minimum absolute atomic E-state index is 0.147. The topological polar surface area (TPSA) is 64.6 Å². The Labute approximate surface area is 178 Å². The molecule has 3 aromatic carbocycles. The quantitative estimate of drug-likeness (QED) is 0.490. The monoisotopic (exact) mass is 437 g/mol. The Morgan fingerprint density at radius 1 is 0.833 bits per heavy atom. The molecule has 0 spiro atoms. The maximum absolute atomic E-state index is 13.3. The van der Waals surface area contributed by atoms with Gasteiger partial charge in [-0.05, 0) is 35.2 Å². The highest BCUT2D eigenvalue weighted by Gasteiger charge is 2.26. The van der Waals surface area contributed by atoms with Gasteiger partial charge in [-0.3, -0.25) is 0 Å².